The molecular formula is C16H15N3S. The van der Waals surface area contributed by atoms with Gasteiger partial charge in [0.25, 0.3) is 0 Å². The molecule has 3 nitrogen and oxygen atoms in total. The number of hydrogen-bond acceptors (Lipinski definition) is 4. The first kappa shape index (κ1) is 13.1. The molecule has 2 N–H and O–H groups in total. The van der Waals surface area contributed by atoms with E-state index in [0.29, 0.717) is 6.54 Å². The van der Waals surface area contributed by atoms with Crippen molar-refractivity contribution in [3.05, 3.63) is 60.3 Å². The van der Waals surface area contributed by atoms with Crippen LogP contribution >= 0.6 is 11.8 Å². The first-order chi connectivity index (χ1) is 9.86. The monoisotopic (exact) mass is 281 g/mol. The number of benzene rings is 1. The summed E-state index contributed by atoms with van der Waals surface area (Å²) in [5, 5.41) is 3.10. The molecule has 0 unspecified atom stereocenters. The highest BCUT2D eigenvalue weighted by Gasteiger charge is 2.08. The minimum Gasteiger partial charge on any atom is -0.330 e. The zero-order chi connectivity index (χ0) is 13.8. The van der Waals surface area contributed by atoms with Crippen LogP contribution in [0.2, 0.25) is 0 Å². The van der Waals surface area contributed by atoms with Crippen molar-refractivity contribution in [2.45, 2.75) is 16.5 Å². The van der Waals surface area contributed by atoms with Crippen LogP contribution in [0.3, 0.4) is 0 Å². The molecule has 0 bridgehead atoms. The fraction of sp³-hybridized carbons (Fsp3) is 0.125. The third-order valence-electron chi connectivity index (χ3n) is 3.02. The lowest BCUT2D eigenvalue weighted by Crippen LogP contribution is -2.05. The molecule has 3 aromatic rings. The minimum atomic E-state index is 0.621. The van der Waals surface area contributed by atoms with E-state index in [2.05, 4.69) is 17.1 Å². The van der Waals surface area contributed by atoms with Crippen LogP contribution in [-0.4, -0.2) is 16.5 Å². The summed E-state index contributed by atoms with van der Waals surface area (Å²) in [7, 11) is 0. The van der Waals surface area contributed by atoms with Crippen LogP contribution in [-0.2, 0) is 6.42 Å². The molecule has 3 rings (SSSR count). The fourth-order valence-electron chi connectivity index (χ4n) is 2.07. The first-order valence-corrected chi connectivity index (χ1v) is 7.36. The predicted molar refractivity (Wildman–Crippen MR) is 82.9 cm³/mol. The van der Waals surface area contributed by atoms with Crippen molar-refractivity contribution < 1.29 is 0 Å². The average molecular weight is 281 g/mol. The van der Waals surface area contributed by atoms with Gasteiger partial charge in [0.15, 0.2) is 0 Å². The van der Waals surface area contributed by atoms with Crippen LogP contribution in [0.1, 0.15) is 5.56 Å². The quantitative estimate of drug-likeness (QED) is 0.797. The Morgan fingerprint density at radius 3 is 2.70 bits per heavy atom. The van der Waals surface area contributed by atoms with Crippen molar-refractivity contribution in [1.82, 2.24) is 9.97 Å². The van der Waals surface area contributed by atoms with Crippen LogP contribution in [0.5, 0.6) is 0 Å². The van der Waals surface area contributed by atoms with Gasteiger partial charge >= 0.3 is 0 Å². The Bertz CT molecular complexity index is 713. The smallest absolute Gasteiger partial charge is 0.106 e. The molecule has 0 amide bonds. The van der Waals surface area contributed by atoms with E-state index in [9.17, 15) is 0 Å². The second kappa shape index (κ2) is 6.03. The lowest BCUT2D eigenvalue weighted by Gasteiger charge is -2.09. The van der Waals surface area contributed by atoms with Crippen molar-refractivity contribution in [3.63, 3.8) is 0 Å². The molecule has 1 aromatic carbocycles. The lowest BCUT2D eigenvalue weighted by atomic mass is 10.1. The van der Waals surface area contributed by atoms with E-state index in [1.165, 1.54) is 5.56 Å². The molecule has 20 heavy (non-hydrogen) atoms. The van der Waals surface area contributed by atoms with Crippen molar-refractivity contribution >= 4 is 22.7 Å². The summed E-state index contributed by atoms with van der Waals surface area (Å²) < 4.78 is 0. The number of pyridine rings is 2. The van der Waals surface area contributed by atoms with E-state index in [4.69, 9.17) is 10.7 Å². The second-order valence-corrected chi connectivity index (χ2v) is 5.46. The summed E-state index contributed by atoms with van der Waals surface area (Å²) in [6.45, 7) is 0.621. The normalized spacial score (nSPS) is 10.8. The summed E-state index contributed by atoms with van der Waals surface area (Å²) in [6, 6.07) is 16.2. The third kappa shape index (κ3) is 2.81. The molecule has 0 aliphatic heterocycles. The molecule has 0 atom stereocenters. The van der Waals surface area contributed by atoms with Gasteiger partial charge in [0.05, 0.1) is 5.52 Å². The Balaban J connectivity index is 2.05. The summed E-state index contributed by atoms with van der Waals surface area (Å²) in [4.78, 5) is 9.10. The zero-order valence-corrected chi connectivity index (χ0v) is 11.8. The molecule has 0 aliphatic rings. The number of nitrogens with zero attached hydrogens (tertiary/aromatic N) is 2. The van der Waals surface area contributed by atoms with E-state index >= 15 is 0 Å². The van der Waals surface area contributed by atoms with Crippen LogP contribution in [0.15, 0.2) is 64.8 Å². The fourth-order valence-corrected chi connectivity index (χ4v) is 2.97. The molecule has 2 heterocycles. The molecule has 0 saturated carbocycles. The third-order valence-corrected chi connectivity index (χ3v) is 4.01. The van der Waals surface area contributed by atoms with Crippen LogP contribution in [0, 0.1) is 0 Å². The maximum atomic E-state index is 5.71. The van der Waals surface area contributed by atoms with E-state index < -0.39 is 0 Å². The van der Waals surface area contributed by atoms with Gasteiger partial charge in [-0.3, -0.25) is 0 Å². The zero-order valence-electron chi connectivity index (χ0n) is 11.0. The molecule has 0 saturated heterocycles. The Morgan fingerprint density at radius 1 is 1.05 bits per heavy atom. The van der Waals surface area contributed by atoms with Crippen LogP contribution in [0.25, 0.3) is 10.9 Å². The topological polar surface area (TPSA) is 51.8 Å². The molecule has 4 heteroatoms. The highest BCUT2D eigenvalue weighted by atomic mass is 32.2. The van der Waals surface area contributed by atoms with Gasteiger partial charge in [-0.05, 0) is 54.6 Å². The maximum absolute atomic E-state index is 5.71. The van der Waals surface area contributed by atoms with E-state index in [1.807, 2.05) is 36.4 Å². The van der Waals surface area contributed by atoms with Gasteiger partial charge in [-0.15, -0.1) is 0 Å². The lowest BCUT2D eigenvalue weighted by molar-refractivity contribution is 0.920. The highest BCUT2D eigenvalue weighted by Crippen LogP contribution is 2.29. The van der Waals surface area contributed by atoms with Gasteiger partial charge in [-0.1, -0.05) is 24.3 Å². The summed E-state index contributed by atoms with van der Waals surface area (Å²) in [5.74, 6) is 0. The second-order valence-electron chi connectivity index (χ2n) is 4.45. The summed E-state index contributed by atoms with van der Waals surface area (Å²) in [6.07, 6.45) is 2.62. The Labute approximate surface area is 122 Å². The standard InChI is InChI=1S/C16H15N3S/c17-9-8-13-11-12-5-1-2-6-14(12)19-16(13)20-15-7-3-4-10-18-15/h1-7,10-11H,8-9,17H2. The van der Waals surface area contributed by atoms with Gasteiger partial charge in [-0.2, -0.15) is 0 Å². The largest absolute Gasteiger partial charge is 0.330 e. The molecule has 0 spiro atoms. The van der Waals surface area contributed by atoms with Gasteiger partial charge < -0.3 is 5.73 Å². The molecule has 0 fully saturated rings. The number of nitrogens with two attached hydrogens (primary N) is 1. The average Bonchev–Trinajstić information content (AvgIpc) is 2.49. The SMILES string of the molecule is NCCc1cc2ccccc2nc1Sc1ccccn1. The molecule has 0 radical (unpaired) electrons. The van der Waals surface area contributed by atoms with Gasteiger partial charge in [0.2, 0.25) is 0 Å². The minimum absolute atomic E-state index is 0.621. The number of hydrogen-bond donors (Lipinski definition) is 1. The summed E-state index contributed by atoms with van der Waals surface area (Å²) >= 11 is 1.59. The van der Waals surface area contributed by atoms with Crippen LogP contribution < -0.4 is 5.73 Å². The van der Waals surface area contributed by atoms with Gasteiger partial charge in [0.1, 0.15) is 10.1 Å². The molecule has 0 aliphatic carbocycles. The van der Waals surface area contributed by atoms with E-state index in [1.54, 1.807) is 18.0 Å². The van der Waals surface area contributed by atoms with Gasteiger partial charge in [-0.25, -0.2) is 9.97 Å². The molecular weight excluding hydrogens is 266 g/mol. The number of fused-ring (bicyclic) bond motifs is 1. The van der Waals surface area contributed by atoms with E-state index in [-0.39, 0.29) is 0 Å². The van der Waals surface area contributed by atoms with Crippen molar-refractivity contribution in [3.8, 4) is 0 Å². The molecule has 100 valence electrons. The van der Waals surface area contributed by atoms with Gasteiger partial charge in [0, 0.05) is 11.6 Å². The highest BCUT2D eigenvalue weighted by molar-refractivity contribution is 7.99. The predicted octanol–water partition coefficient (Wildman–Crippen LogP) is 3.28. The van der Waals surface area contributed by atoms with Crippen molar-refractivity contribution in [1.29, 1.82) is 0 Å². The Hall–Kier alpha value is -1.91. The number of rotatable bonds is 4. The number of para-hydroxylation sites is 1. The Morgan fingerprint density at radius 2 is 1.90 bits per heavy atom. The maximum Gasteiger partial charge on any atom is 0.106 e. The van der Waals surface area contributed by atoms with E-state index in [0.717, 1.165) is 27.4 Å². The number of aromatic nitrogens is 2. The van der Waals surface area contributed by atoms with Crippen molar-refractivity contribution in [2.24, 2.45) is 5.73 Å². The Kier molecular flexibility index (Phi) is 3.95. The summed E-state index contributed by atoms with van der Waals surface area (Å²) in [5.41, 5.74) is 7.90. The first-order valence-electron chi connectivity index (χ1n) is 6.54. The molecule has 2 aromatic heterocycles. The van der Waals surface area contributed by atoms with Crippen LogP contribution in [0.4, 0.5) is 0 Å². The van der Waals surface area contributed by atoms with Crippen molar-refractivity contribution in [2.75, 3.05) is 6.54 Å².